The molecule has 1 fully saturated rings. The van der Waals surface area contributed by atoms with E-state index in [-0.39, 0.29) is 18.0 Å². The summed E-state index contributed by atoms with van der Waals surface area (Å²) in [6, 6.07) is 3.78. The molecule has 1 saturated heterocycles. The van der Waals surface area contributed by atoms with Gasteiger partial charge < -0.3 is 10.6 Å². The molecule has 0 spiro atoms. The smallest absolute Gasteiger partial charge is 0.224 e. The highest BCUT2D eigenvalue weighted by Crippen LogP contribution is 2.32. The van der Waals surface area contributed by atoms with Gasteiger partial charge in [0.25, 0.3) is 0 Å². The van der Waals surface area contributed by atoms with E-state index in [1.807, 2.05) is 17.0 Å². The molecule has 0 bridgehead atoms. The van der Waals surface area contributed by atoms with E-state index in [0.717, 1.165) is 12.1 Å². The van der Waals surface area contributed by atoms with Gasteiger partial charge in [0.2, 0.25) is 5.91 Å². The molecule has 1 aliphatic heterocycles. The monoisotopic (exact) mass is 233 g/mol. The molecule has 2 heterocycles. The van der Waals surface area contributed by atoms with Crippen LogP contribution in [-0.2, 0) is 4.79 Å². The van der Waals surface area contributed by atoms with Crippen molar-refractivity contribution in [2.45, 2.75) is 32.4 Å². The highest BCUT2D eigenvalue weighted by atomic mass is 16.2. The third-order valence-electron chi connectivity index (χ3n) is 3.08. The summed E-state index contributed by atoms with van der Waals surface area (Å²) < 4.78 is 0. The SMILES string of the molecule is CC(C)CN1C(=O)CC(N)C1c1ccncc1. The van der Waals surface area contributed by atoms with Crippen molar-refractivity contribution in [2.75, 3.05) is 6.54 Å². The maximum atomic E-state index is 11.9. The first kappa shape index (κ1) is 12.0. The summed E-state index contributed by atoms with van der Waals surface area (Å²) in [5.74, 6) is 0.613. The summed E-state index contributed by atoms with van der Waals surface area (Å²) in [5, 5.41) is 0. The molecule has 0 radical (unpaired) electrons. The minimum Gasteiger partial charge on any atom is -0.334 e. The number of rotatable bonds is 3. The Kier molecular flexibility index (Phi) is 3.43. The van der Waals surface area contributed by atoms with Gasteiger partial charge in [-0.05, 0) is 23.6 Å². The van der Waals surface area contributed by atoms with E-state index >= 15 is 0 Å². The summed E-state index contributed by atoms with van der Waals surface area (Å²) in [6.07, 6.45) is 3.94. The van der Waals surface area contributed by atoms with Gasteiger partial charge in [0.1, 0.15) is 0 Å². The zero-order chi connectivity index (χ0) is 12.4. The van der Waals surface area contributed by atoms with E-state index in [2.05, 4.69) is 18.8 Å². The van der Waals surface area contributed by atoms with Crippen LogP contribution in [0.4, 0.5) is 0 Å². The van der Waals surface area contributed by atoms with Crippen molar-refractivity contribution in [3.05, 3.63) is 30.1 Å². The minimum absolute atomic E-state index is 0.00731. The highest BCUT2D eigenvalue weighted by Gasteiger charge is 2.38. The van der Waals surface area contributed by atoms with Crippen LogP contribution in [0, 0.1) is 5.92 Å². The Balaban J connectivity index is 2.26. The number of carbonyl (C=O) groups excluding carboxylic acids is 1. The summed E-state index contributed by atoms with van der Waals surface area (Å²) in [5.41, 5.74) is 7.17. The first-order chi connectivity index (χ1) is 8.09. The maximum Gasteiger partial charge on any atom is 0.224 e. The van der Waals surface area contributed by atoms with Crippen LogP contribution in [0.2, 0.25) is 0 Å². The third kappa shape index (κ3) is 2.47. The summed E-state index contributed by atoms with van der Waals surface area (Å²) in [4.78, 5) is 17.8. The van der Waals surface area contributed by atoms with Gasteiger partial charge in [-0.15, -0.1) is 0 Å². The van der Waals surface area contributed by atoms with Gasteiger partial charge in [0.05, 0.1) is 6.04 Å². The zero-order valence-electron chi connectivity index (χ0n) is 10.3. The van der Waals surface area contributed by atoms with E-state index in [1.165, 1.54) is 0 Å². The lowest BCUT2D eigenvalue weighted by molar-refractivity contribution is -0.129. The minimum atomic E-state index is -0.108. The quantitative estimate of drug-likeness (QED) is 0.857. The Morgan fingerprint density at radius 1 is 1.47 bits per heavy atom. The Bertz CT molecular complexity index is 391. The molecule has 1 aromatic rings. The van der Waals surface area contributed by atoms with Crippen LogP contribution in [0.5, 0.6) is 0 Å². The second-order valence-electron chi connectivity index (χ2n) is 5.03. The van der Waals surface area contributed by atoms with E-state index in [9.17, 15) is 4.79 Å². The van der Waals surface area contributed by atoms with Crippen LogP contribution < -0.4 is 5.73 Å². The molecule has 0 aromatic carbocycles. The van der Waals surface area contributed by atoms with Crippen molar-refractivity contribution in [1.82, 2.24) is 9.88 Å². The Morgan fingerprint density at radius 2 is 2.12 bits per heavy atom. The first-order valence-electron chi connectivity index (χ1n) is 6.04. The average molecular weight is 233 g/mol. The zero-order valence-corrected chi connectivity index (χ0v) is 10.3. The summed E-state index contributed by atoms with van der Waals surface area (Å²) in [7, 11) is 0. The number of nitrogens with zero attached hydrogens (tertiary/aromatic N) is 2. The molecule has 17 heavy (non-hydrogen) atoms. The lowest BCUT2D eigenvalue weighted by Gasteiger charge is -2.28. The molecule has 2 rings (SSSR count). The predicted molar refractivity (Wildman–Crippen MR) is 66.1 cm³/mol. The standard InChI is InChI=1S/C13H19N3O/c1-9(2)8-16-12(17)7-11(14)13(16)10-3-5-15-6-4-10/h3-6,9,11,13H,7-8,14H2,1-2H3. The fourth-order valence-corrected chi connectivity index (χ4v) is 2.41. The molecule has 1 aliphatic rings. The molecule has 0 aliphatic carbocycles. The van der Waals surface area contributed by atoms with Gasteiger partial charge in [-0.1, -0.05) is 13.8 Å². The fraction of sp³-hybridized carbons (Fsp3) is 0.538. The van der Waals surface area contributed by atoms with Crippen LogP contribution >= 0.6 is 0 Å². The number of hydrogen-bond acceptors (Lipinski definition) is 3. The number of pyridine rings is 1. The molecule has 2 unspecified atom stereocenters. The number of likely N-dealkylation sites (tertiary alicyclic amines) is 1. The van der Waals surface area contributed by atoms with Gasteiger partial charge in [-0.3, -0.25) is 9.78 Å². The molecule has 1 amide bonds. The predicted octanol–water partition coefficient (Wildman–Crippen LogP) is 1.34. The Labute approximate surface area is 102 Å². The topological polar surface area (TPSA) is 59.2 Å². The normalized spacial score (nSPS) is 24.7. The third-order valence-corrected chi connectivity index (χ3v) is 3.08. The number of amides is 1. The fourth-order valence-electron chi connectivity index (χ4n) is 2.41. The lowest BCUT2D eigenvalue weighted by atomic mass is 10.0. The van der Waals surface area contributed by atoms with Gasteiger partial charge in [-0.25, -0.2) is 0 Å². The highest BCUT2D eigenvalue weighted by molar-refractivity contribution is 5.80. The molecule has 2 N–H and O–H groups in total. The molecule has 4 heteroatoms. The van der Waals surface area contributed by atoms with Crippen LogP contribution in [0.1, 0.15) is 31.9 Å². The van der Waals surface area contributed by atoms with Gasteiger partial charge in [-0.2, -0.15) is 0 Å². The van der Waals surface area contributed by atoms with E-state index in [4.69, 9.17) is 5.73 Å². The van der Waals surface area contributed by atoms with Crippen molar-refractivity contribution in [3.8, 4) is 0 Å². The number of hydrogen-bond donors (Lipinski definition) is 1. The largest absolute Gasteiger partial charge is 0.334 e. The average Bonchev–Trinajstić information content (AvgIpc) is 2.54. The number of carbonyl (C=O) groups is 1. The Morgan fingerprint density at radius 3 is 2.71 bits per heavy atom. The van der Waals surface area contributed by atoms with Crippen molar-refractivity contribution < 1.29 is 4.79 Å². The van der Waals surface area contributed by atoms with Crippen LogP contribution in [0.15, 0.2) is 24.5 Å². The second-order valence-corrected chi connectivity index (χ2v) is 5.03. The van der Waals surface area contributed by atoms with E-state index in [0.29, 0.717) is 12.3 Å². The maximum absolute atomic E-state index is 11.9. The van der Waals surface area contributed by atoms with Crippen molar-refractivity contribution in [3.63, 3.8) is 0 Å². The summed E-state index contributed by atoms with van der Waals surface area (Å²) >= 11 is 0. The molecule has 4 nitrogen and oxygen atoms in total. The van der Waals surface area contributed by atoms with Crippen LogP contribution in [-0.4, -0.2) is 28.4 Å². The summed E-state index contributed by atoms with van der Waals surface area (Å²) in [6.45, 7) is 4.99. The van der Waals surface area contributed by atoms with Gasteiger partial charge >= 0.3 is 0 Å². The van der Waals surface area contributed by atoms with Gasteiger partial charge in [0, 0.05) is 31.4 Å². The molecular weight excluding hydrogens is 214 g/mol. The number of nitrogens with two attached hydrogens (primary N) is 1. The van der Waals surface area contributed by atoms with Crippen LogP contribution in [0.25, 0.3) is 0 Å². The molecule has 0 saturated carbocycles. The first-order valence-corrected chi connectivity index (χ1v) is 6.04. The molecule has 2 atom stereocenters. The van der Waals surface area contributed by atoms with Crippen molar-refractivity contribution >= 4 is 5.91 Å². The Hall–Kier alpha value is -1.42. The molecule has 92 valence electrons. The van der Waals surface area contributed by atoms with E-state index < -0.39 is 0 Å². The van der Waals surface area contributed by atoms with Crippen molar-refractivity contribution in [2.24, 2.45) is 11.7 Å². The van der Waals surface area contributed by atoms with E-state index in [1.54, 1.807) is 12.4 Å². The lowest BCUT2D eigenvalue weighted by Crippen LogP contribution is -2.35. The van der Waals surface area contributed by atoms with Crippen LogP contribution in [0.3, 0.4) is 0 Å². The second kappa shape index (κ2) is 4.84. The molecule has 1 aromatic heterocycles. The van der Waals surface area contributed by atoms with Gasteiger partial charge in [0.15, 0.2) is 0 Å². The number of aromatic nitrogens is 1. The molecular formula is C13H19N3O. The van der Waals surface area contributed by atoms with Crippen molar-refractivity contribution in [1.29, 1.82) is 0 Å².